The number of ether oxygens (including phenoxy) is 1. The Bertz CT molecular complexity index is 549. The van der Waals surface area contributed by atoms with Crippen LogP contribution in [0, 0.1) is 11.3 Å². The number of carbonyl (C=O) groups excluding carboxylic acids is 1. The summed E-state index contributed by atoms with van der Waals surface area (Å²) in [5, 5.41) is 9.14. The molecule has 2 rings (SSSR count). The Balaban J connectivity index is 1.98. The molecule has 1 aromatic rings. The van der Waals surface area contributed by atoms with Crippen molar-refractivity contribution in [1.29, 1.82) is 5.26 Å². The van der Waals surface area contributed by atoms with Gasteiger partial charge in [-0.3, -0.25) is 4.98 Å². The summed E-state index contributed by atoms with van der Waals surface area (Å²) in [5.74, 6) is 0.236. The first-order chi connectivity index (χ1) is 9.90. The number of piperidine rings is 1. The Morgan fingerprint density at radius 3 is 2.67 bits per heavy atom. The topological polar surface area (TPSA) is 66.2 Å². The van der Waals surface area contributed by atoms with Crippen molar-refractivity contribution in [3.05, 3.63) is 29.6 Å². The lowest BCUT2D eigenvalue weighted by atomic mass is 9.91. The van der Waals surface area contributed by atoms with Gasteiger partial charge in [-0.15, -0.1) is 0 Å². The Morgan fingerprint density at radius 1 is 1.43 bits per heavy atom. The summed E-state index contributed by atoms with van der Waals surface area (Å²) in [5.41, 5.74) is 1.01. The van der Waals surface area contributed by atoms with Crippen molar-refractivity contribution in [2.24, 2.45) is 0 Å². The highest BCUT2D eigenvalue weighted by Crippen LogP contribution is 2.29. The van der Waals surface area contributed by atoms with Gasteiger partial charge < -0.3 is 9.64 Å². The number of carbonyl (C=O) groups is 1. The van der Waals surface area contributed by atoms with Gasteiger partial charge in [-0.1, -0.05) is 0 Å². The molecule has 0 unspecified atom stereocenters. The van der Waals surface area contributed by atoms with Crippen LogP contribution in [0.2, 0.25) is 0 Å². The van der Waals surface area contributed by atoms with E-state index in [2.05, 4.69) is 11.1 Å². The van der Waals surface area contributed by atoms with Crippen molar-refractivity contribution in [3.63, 3.8) is 0 Å². The van der Waals surface area contributed by atoms with Crippen molar-refractivity contribution in [1.82, 2.24) is 9.88 Å². The van der Waals surface area contributed by atoms with E-state index in [1.165, 1.54) is 0 Å². The maximum absolute atomic E-state index is 12.0. The van der Waals surface area contributed by atoms with Crippen LogP contribution < -0.4 is 0 Å². The average Bonchev–Trinajstić information content (AvgIpc) is 2.45. The zero-order valence-electron chi connectivity index (χ0n) is 12.8. The van der Waals surface area contributed by atoms with Crippen molar-refractivity contribution in [2.45, 2.75) is 45.1 Å². The molecule has 5 heteroatoms. The molecule has 1 fully saturated rings. The standard InChI is InChI=1S/C16H21N3O2/c1-16(2,3)21-15(20)19-9-6-12(7-10-19)14-13(11-17)5-4-8-18-14/h4-5,8,12H,6-7,9-10H2,1-3H3. The lowest BCUT2D eigenvalue weighted by Gasteiger charge is -2.33. The van der Waals surface area contributed by atoms with Gasteiger partial charge in [-0.25, -0.2) is 4.79 Å². The molecule has 112 valence electrons. The van der Waals surface area contributed by atoms with Gasteiger partial charge in [-0.2, -0.15) is 5.26 Å². The minimum Gasteiger partial charge on any atom is -0.444 e. The second-order valence-electron chi connectivity index (χ2n) is 6.29. The Hall–Kier alpha value is -2.09. The van der Waals surface area contributed by atoms with Crippen LogP contribution in [0.4, 0.5) is 4.79 Å². The van der Waals surface area contributed by atoms with E-state index in [1.54, 1.807) is 23.2 Å². The number of hydrogen-bond acceptors (Lipinski definition) is 4. The summed E-state index contributed by atoms with van der Waals surface area (Å²) in [6.07, 6.45) is 3.08. The molecular formula is C16H21N3O2. The van der Waals surface area contributed by atoms with Gasteiger partial charge in [0.15, 0.2) is 0 Å². The molecule has 0 spiro atoms. The first-order valence-corrected chi connectivity index (χ1v) is 7.23. The number of rotatable bonds is 1. The van der Waals surface area contributed by atoms with Gasteiger partial charge in [0.05, 0.1) is 11.3 Å². The van der Waals surface area contributed by atoms with Crippen molar-refractivity contribution >= 4 is 6.09 Å². The molecule has 1 amide bonds. The largest absolute Gasteiger partial charge is 0.444 e. The smallest absolute Gasteiger partial charge is 0.410 e. The molecular weight excluding hydrogens is 266 g/mol. The minimum atomic E-state index is -0.469. The summed E-state index contributed by atoms with van der Waals surface area (Å²) in [4.78, 5) is 18.1. The minimum absolute atomic E-state index is 0.236. The van der Waals surface area contributed by atoms with Gasteiger partial charge in [0.1, 0.15) is 11.7 Å². The van der Waals surface area contributed by atoms with Crippen LogP contribution in [-0.2, 0) is 4.74 Å². The number of aromatic nitrogens is 1. The van der Waals surface area contributed by atoms with E-state index >= 15 is 0 Å². The second kappa shape index (κ2) is 6.13. The number of nitrogens with zero attached hydrogens (tertiary/aromatic N) is 3. The maximum Gasteiger partial charge on any atom is 0.410 e. The number of hydrogen-bond donors (Lipinski definition) is 0. The molecule has 1 saturated heterocycles. The highest BCUT2D eigenvalue weighted by molar-refractivity contribution is 5.68. The molecule has 21 heavy (non-hydrogen) atoms. The van der Waals surface area contributed by atoms with Crippen LogP contribution in [0.25, 0.3) is 0 Å². The fourth-order valence-electron chi connectivity index (χ4n) is 2.50. The molecule has 2 heterocycles. The lowest BCUT2D eigenvalue weighted by molar-refractivity contribution is 0.0204. The predicted molar refractivity (Wildman–Crippen MR) is 78.7 cm³/mol. The number of likely N-dealkylation sites (tertiary alicyclic amines) is 1. The molecule has 0 N–H and O–H groups in total. The van der Waals surface area contributed by atoms with Crippen molar-refractivity contribution in [2.75, 3.05) is 13.1 Å². The van der Waals surface area contributed by atoms with Crippen LogP contribution in [0.3, 0.4) is 0 Å². The zero-order chi connectivity index (χ0) is 15.5. The first kappa shape index (κ1) is 15.3. The maximum atomic E-state index is 12.0. The van der Waals surface area contributed by atoms with E-state index in [0.29, 0.717) is 18.7 Å². The summed E-state index contributed by atoms with van der Waals surface area (Å²) >= 11 is 0. The number of pyridine rings is 1. The lowest BCUT2D eigenvalue weighted by Crippen LogP contribution is -2.41. The average molecular weight is 287 g/mol. The van der Waals surface area contributed by atoms with Gasteiger partial charge in [0, 0.05) is 25.2 Å². The van der Waals surface area contributed by atoms with Crippen LogP contribution in [-0.4, -0.2) is 34.7 Å². The highest BCUT2D eigenvalue weighted by atomic mass is 16.6. The fourth-order valence-corrected chi connectivity index (χ4v) is 2.50. The van der Waals surface area contributed by atoms with Crippen LogP contribution in [0.1, 0.15) is 50.8 Å². The van der Waals surface area contributed by atoms with E-state index in [9.17, 15) is 4.79 Å². The van der Waals surface area contributed by atoms with E-state index in [1.807, 2.05) is 20.8 Å². The Labute approximate surface area is 125 Å². The Kier molecular flexibility index (Phi) is 4.46. The number of amides is 1. The first-order valence-electron chi connectivity index (χ1n) is 7.23. The van der Waals surface area contributed by atoms with Crippen molar-refractivity contribution < 1.29 is 9.53 Å². The molecule has 0 radical (unpaired) electrons. The van der Waals surface area contributed by atoms with Gasteiger partial charge in [0.25, 0.3) is 0 Å². The highest BCUT2D eigenvalue weighted by Gasteiger charge is 2.28. The Morgan fingerprint density at radius 2 is 2.10 bits per heavy atom. The summed E-state index contributed by atoms with van der Waals surface area (Å²) in [6.45, 7) is 6.88. The molecule has 0 bridgehead atoms. The molecule has 0 saturated carbocycles. The molecule has 1 aliphatic rings. The van der Waals surface area contributed by atoms with Gasteiger partial charge in [-0.05, 0) is 45.7 Å². The third-order valence-electron chi connectivity index (χ3n) is 3.49. The van der Waals surface area contributed by atoms with Crippen LogP contribution in [0.5, 0.6) is 0 Å². The third kappa shape index (κ3) is 3.94. The van der Waals surface area contributed by atoms with E-state index in [0.717, 1.165) is 18.5 Å². The summed E-state index contributed by atoms with van der Waals surface area (Å²) in [7, 11) is 0. The fraction of sp³-hybridized carbons (Fsp3) is 0.562. The summed E-state index contributed by atoms with van der Waals surface area (Å²) < 4.78 is 5.38. The SMILES string of the molecule is CC(C)(C)OC(=O)N1CCC(c2ncccc2C#N)CC1. The molecule has 0 aromatic carbocycles. The van der Waals surface area contributed by atoms with Gasteiger partial charge in [0.2, 0.25) is 0 Å². The van der Waals surface area contributed by atoms with Crippen molar-refractivity contribution in [3.8, 4) is 6.07 Å². The molecule has 1 aromatic heterocycles. The molecule has 0 aliphatic carbocycles. The molecule has 1 aliphatic heterocycles. The van der Waals surface area contributed by atoms with Gasteiger partial charge >= 0.3 is 6.09 Å². The monoisotopic (exact) mass is 287 g/mol. The zero-order valence-corrected chi connectivity index (χ0v) is 12.8. The third-order valence-corrected chi connectivity index (χ3v) is 3.49. The van der Waals surface area contributed by atoms with Crippen LogP contribution in [0.15, 0.2) is 18.3 Å². The normalized spacial score (nSPS) is 16.4. The summed E-state index contributed by atoms with van der Waals surface area (Å²) in [6, 6.07) is 5.76. The molecule has 0 atom stereocenters. The predicted octanol–water partition coefficient (Wildman–Crippen LogP) is 3.07. The van der Waals surface area contributed by atoms with E-state index in [-0.39, 0.29) is 12.0 Å². The second-order valence-corrected chi connectivity index (χ2v) is 6.29. The number of nitriles is 1. The van der Waals surface area contributed by atoms with E-state index in [4.69, 9.17) is 10.00 Å². The van der Waals surface area contributed by atoms with E-state index < -0.39 is 5.60 Å². The quantitative estimate of drug-likeness (QED) is 0.796. The molecule has 5 nitrogen and oxygen atoms in total. The van der Waals surface area contributed by atoms with Crippen LogP contribution >= 0.6 is 0 Å².